The fourth-order valence-corrected chi connectivity index (χ4v) is 2.52. The molecule has 0 spiro atoms. The number of urea groups is 1. The molecule has 1 aliphatic carbocycles. The molecule has 1 aromatic carbocycles. The van der Waals surface area contributed by atoms with Crippen LogP contribution in [-0.4, -0.2) is 30.4 Å². The SMILES string of the molecule is Cc1cc(B2OC(C)(C)C(C)(C)O2)ccc1NC(=O)NC1CC1. The van der Waals surface area contributed by atoms with E-state index >= 15 is 0 Å². The number of hydrogen-bond donors (Lipinski definition) is 2. The van der Waals surface area contributed by atoms with E-state index in [1.807, 2.05) is 52.8 Å². The Labute approximate surface area is 138 Å². The van der Waals surface area contributed by atoms with Gasteiger partial charge in [0.15, 0.2) is 0 Å². The van der Waals surface area contributed by atoms with Crippen LogP contribution in [0.5, 0.6) is 0 Å². The van der Waals surface area contributed by atoms with E-state index in [9.17, 15) is 4.79 Å². The number of nitrogens with one attached hydrogen (secondary N) is 2. The molecule has 2 amide bonds. The molecular formula is C17H25BN2O3. The third kappa shape index (κ3) is 3.38. The predicted molar refractivity (Wildman–Crippen MR) is 92.1 cm³/mol. The van der Waals surface area contributed by atoms with Gasteiger partial charge in [0.05, 0.1) is 11.2 Å². The molecule has 5 nitrogen and oxygen atoms in total. The monoisotopic (exact) mass is 316 g/mol. The summed E-state index contributed by atoms with van der Waals surface area (Å²) in [5.41, 5.74) is 2.06. The lowest BCUT2D eigenvalue weighted by molar-refractivity contribution is 0.00578. The fraction of sp³-hybridized carbons (Fsp3) is 0.588. The molecule has 23 heavy (non-hydrogen) atoms. The van der Waals surface area contributed by atoms with Crippen LogP contribution in [0.4, 0.5) is 10.5 Å². The van der Waals surface area contributed by atoms with Crippen LogP contribution < -0.4 is 16.1 Å². The summed E-state index contributed by atoms with van der Waals surface area (Å²) in [6.07, 6.45) is 2.15. The zero-order valence-electron chi connectivity index (χ0n) is 14.5. The van der Waals surface area contributed by atoms with Crippen molar-refractivity contribution in [2.75, 3.05) is 5.32 Å². The maximum Gasteiger partial charge on any atom is 0.494 e. The van der Waals surface area contributed by atoms with E-state index in [0.717, 1.165) is 29.6 Å². The topological polar surface area (TPSA) is 59.6 Å². The first-order chi connectivity index (χ1) is 10.7. The average Bonchev–Trinajstić information content (AvgIpc) is 3.19. The van der Waals surface area contributed by atoms with Crippen molar-refractivity contribution in [2.45, 2.75) is 64.7 Å². The van der Waals surface area contributed by atoms with E-state index in [4.69, 9.17) is 9.31 Å². The quantitative estimate of drug-likeness (QED) is 0.843. The summed E-state index contributed by atoms with van der Waals surface area (Å²) in [7, 11) is -0.381. The molecule has 0 radical (unpaired) electrons. The fourth-order valence-electron chi connectivity index (χ4n) is 2.52. The van der Waals surface area contributed by atoms with Gasteiger partial charge in [-0.25, -0.2) is 4.79 Å². The van der Waals surface area contributed by atoms with E-state index in [-0.39, 0.29) is 24.4 Å². The van der Waals surface area contributed by atoms with Crippen LogP contribution in [0.25, 0.3) is 0 Å². The zero-order valence-corrected chi connectivity index (χ0v) is 14.5. The first kappa shape index (κ1) is 16.3. The number of anilines is 1. The highest BCUT2D eigenvalue weighted by molar-refractivity contribution is 6.62. The number of carbonyl (C=O) groups excluding carboxylic acids is 1. The van der Waals surface area contributed by atoms with Gasteiger partial charge in [0.1, 0.15) is 0 Å². The predicted octanol–water partition coefficient (Wildman–Crippen LogP) is 2.58. The summed E-state index contributed by atoms with van der Waals surface area (Å²) in [5, 5.41) is 5.82. The molecule has 0 aromatic heterocycles. The standard InChI is InChI=1S/C17H25BN2O3/c1-11-10-12(18-22-16(2,3)17(4,5)23-18)6-9-14(11)20-15(21)19-13-7-8-13/h6,9-10,13H,7-8H2,1-5H3,(H2,19,20,21). The van der Waals surface area contributed by atoms with Crippen LogP contribution in [0.15, 0.2) is 18.2 Å². The van der Waals surface area contributed by atoms with E-state index in [1.165, 1.54) is 0 Å². The minimum atomic E-state index is -0.381. The Balaban J connectivity index is 1.71. The summed E-state index contributed by atoms with van der Waals surface area (Å²) in [4.78, 5) is 11.9. The minimum absolute atomic E-state index is 0.140. The Kier molecular flexibility index (Phi) is 3.93. The van der Waals surface area contributed by atoms with Gasteiger partial charge in [0.25, 0.3) is 0 Å². The van der Waals surface area contributed by atoms with Crippen LogP contribution in [0.2, 0.25) is 0 Å². The summed E-state index contributed by atoms with van der Waals surface area (Å²) >= 11 is 0. The highest BCUT2D eigenvalue weighted by Crippen LogP contribution is 2.36. The van der Waals surface area contributed by atoms with Gasteiger partial charge in [0, 0.05) is 11.7 Å². The molecule has 0 bridgehead atoms. The van der Waals surface area contributed by atoms with E-state index in [0.29, 0.717) is 6.04 Å². The van der Waals surface area contributed by atoms with Crippen molar-refractivity contribution in [3.63, 3.8) is 0 Å². The number of amides is 2. The normalized spacial score (nSPS) is 22.0. The molecular weight excluding hydrogens is 291 g/mol. The van der Waals surface area contributed by atoms with Gasteiger partial charge in [-0.15, -0.1) is 0 Å². The number of rotatable bonds is 3. The van der Waals surface area contributed by atoms with Crippen LogP contribution in [-0.2, 0) is 9.31 Å². The van der Waals surface area contributed by atoms with Gasteiger partial charge < -0.3 is 19.9 Å². The summed E-state index contributed by atoms with van der Waals surface area (Å²) in [6.45, 7) is 10.1. The van der Waals surface area contributed by atoms with Crippen molar-refractivity contribution in [3.05, 3.63) is 23.8 Å². The average molecular weight is 316 g/mol. The van der Waals surface area contributed by atoms with Gasteiger partial charge in [-0.1, -0.05) is 12.1 Å². The third-order valence-corrected chi connectivity index (χ3v) is 4.94. The number of benzene rings is 1. The summed E-state index contributed by atoms with van der Waals surface area (Å²) in [5.74, 6) is 0. The van der Waals surface area contributed by atoms with Gasteiger partial charge in [-0.05, 0) is 64.6 Å². The van der Waals surface area contributed by atoms with E-state index in [2.05, 4.69) is 10.6 Å². The molecule has 0 unspecified atom stereocenters. The molecule has 1 aliphatic heterocycles. The first-order valence-corrected chi connectivity index (χ1v) is 8.22. The summed E-state index contributed by atoms with van der Waals surface area (Å²) in [6, 6.07) is 6.07. The Morgan fingerprint density at radius 1 is 1.17 bits per heavy atom. The Hall–Kier alpha value is -1.53. The molecule has 2 aliphatic rings. The lowest BCUT2D eigenvalue weighted by atomic mass is 9.78. The Bertz CT molecular complexity index is 610. The lowest BCUT2D eigenvalue weighted by Gasteiger charge is -2.32. The molecule has 6 heteroatoms. The highest BCUT2D eigenvalue weighted by atomic mass is 16.7. The van der Waals surface area contributed by atoms with Gasteiger partial charge >= 0.3 is 13.1 Å². The van der Waals surface area contributed by atoms with Crippen LogP contribution in [0.1, 0.15) is 46.1 Å². The highest BCUT2D eigenvalue weighted by Gasteiger charge is 2.51. The van der Waals surface area contributed by atoms with Crippen molar-refractivity contribution in [2.24, 2.45) is 0 Å². The first-order valence-electron chi connectivity index (χ1n) is 8.22. The van der Waals surface area contributed by atoms with Crippen molar-refractivity contribution in [1.82, 2.24) is 5.32 Å². The van der Waals surface area contributed by atoms with Crippen molar-refractivity contribution >= 4 is 24.3 Å². The van der Waals surface area contributed by atoms with Crippen molar-refractivity contribution < 1.29 is 14.1 Å². The molecule has 1 saturated carbocycles. The second-order valence-electron chi connectivity index (χ2n) is 7.54. The van der Waals surface area contributed by atoms with Crippen LogP contribution >= 0.6 is 0 Å². The van der Waals surface area contributed by atoms with Gasteiger partial charge in [-0.2, -0.15) is 0 Å². The Morgan fingerprint density at radius 3 is 2.30 bits per heavy atom. The number of carbonyl (C=O) groups is 1. The van der Waals surface area contributed by atoms with Crippen molar-refractivity contribution in [3.8, 4) is 0 Å². The summed E-state index contributed by atoms with van der Waals surface area (Å²) < 4.78 is 12.1. The van der Waals surface area contributed by atoms with Gasteiger partial charge in [-0.3, -0.25) is 0 Å². The third-order valence-electron chi connectivity index (χ3n) is 4.94. The number of hydrogen-bond acceptors (Lipinski definition) is 3. The molecule has 1 saturated heterocycles. The molecule has 0 atom stereocenters. The van der Waals surface area contributed by atoms with E-state index in [1.54, 1.807) is 0 Å². The lowest BCUT2D eigenvalue weighted by Crippen LogP contribution is -2.41. The maximum absolute atomic E-state index is 11.9. The molecule has 1 aromatic rings. The number of aryl methyl sites for hydroxylation is 1. The molecule has 2 fully saturated rings. The zero-order chi connectivity index (χ0) is 16.8. The van der Waals surface area contributed by atoms with Crippen LogP contribution in [0, 0.1) is 6.92 Å². The second kappa shape index (κ2) is 5.53. The van der Waals surface area contributed by atoms with E-state index < -0.39 is 0 Å². The van der Waals surface area contributed by atoms with Crippen LogP contribution in [0.3, 0.4) is 0 Å². The molecule has 3 rings (SSSR count). The Morgan fingerprint density at radius 2 is 1.78 bits per heavy atom. The smallest absolute Gasteiger partial charge is 0.399 e. The second-order valence-corrected chi connectivity index (χ2v) is 7.54. The molecule has 2 N–H and O–H groups in total. The largest absolute Gasteiger partial charge is 0.494 e. The molecule has 1 heterocycles. The van der Waals surface area contributed by atoms with Crippen molar-refractivity contribution in [1.29, 1.82) is 0 Å². The maximum atomic E-state index is 11.9. The minimum Gasteiger partial charge on any atom is -0.399 e. The molecule has 124 valence electrons. The van der Waals surface area contributed by atoms with Gasteiger partial charge in [0.2, 0.25) is 0 Å².